The normalized spacial score (nSPS) is 15.5. The summed E-state index contributed by atoms with van der Waals surface area (Å²) in [6, 6.07) is 7.08. The molecule has 1 saturated carbocycles. The van der Waals surface area contributed by atoms with E-state index in [4.69, 9.17) is 9.73 Å². The maximum atomic E-state index is 14.1. The van der Waals surface area contributed by atoms with Crippen molar-refractivity contribution < 1.29 is 9.13 Å². The van der Waals surface area contributed by atoms with Gasteiger partial charge in [0.05, 0.1) is 13.2 Å². The quantitative estimate of drug-likeness (QED) is 0.309. The van der Waals surface area contributed by atoms with Gasteiger partial charge in [-0.1, -0.05) is 18.2 Å². The number of likely N-dealkylation sites (N-methyl/N-ethyl adjacent to an activating group) is 1. The lowest BCUT2D eigenvalue weighted by molar-refractivity contribution is 0.162. The third kappa shape index (κ3) is 7.00. The Kier molecular flexibility index (Phi) is 10.4. The molecule has 0 saturated heterocycles. The van der Waals surface area contributed by atoms with Crippen LogP contribution < -0.4 is 10.6 Å². The second kappa shape index (κ2) is 11.7. The molecule has 7 heteroatoms. The Morgan fingerprint density at radius 3 is 2.62 bits per heavy atom. The second-order valence-corrected chi connectivity index (χ2v) is 6.68. The van der Waals surface area contributed by atoms with Gasteiger partial charge in [0.25, 0.3) is 0 Å². The van der Waals surface area contributed by atoms with Crippen LogP contribution in [-0.4, -0.2) is 64.3 Å². The van der Waals surface area contributed by atoms with Crippen LogP contribution in [0.15, 0.2) is 29.3 Å². The molecule has 1 aromatic carbocycles. The van der Waals surface area contributed by atoms with Crippen LogP contribution in [0.4, 0.5) is 4.39 Å². The highest BCUT2D eigenvalue weighted by Gasteiger charge is 2.45. The fourth-order valence-corrected chi connectivity index (χ4v) is 2.85. The van der Waals surface area contributed by atoms with Crippen molar-refractivity contribution in [1.29, 1.82) is 0 Å². The highest BCUT2D eigenvalue weighted by molar-refractivity contribution is 14.0. The first-order chi connectivity index (χ1) is 12.1. The number of nitrogens with one attached hydrogen (secondary N) is 2. The molecule has 0 heterocycles. The summed E-state index contributed by atoms with van der Waals surface area (Å²) in [4.78, 5) is 6.92. The lowest BCUT2D eigenvalue weighted by Gasteiger charge is -2.19. The molecular formula is C19H32FIN4O. The van der Waals surface area contributed by atoms with E-state index in [0.29, 0.717) is 6.54 Å². The van der Waals surface area contributed by atoms with Crippen LogP contribution in [0.2, 0.25) is 0 Å². The van der Waals surface area contributed by atoms with Crippen LogP contribution in [-0.2, 0) is 10.2 Å². The van der Waals surface area contributed by atoms with Crippen LogP contribution >= 0.6 is 24.0 Å². The van der Waals surface area contributed by atoms with E-state index in [9.17, 15) is 4.39 Å². The average molecular weight is 478 g/mol. The number of hydrogen-bond donors (Lipinski definition) is 2. The predicted octanol–water partition coefficient (Wildman–Crippen LogP) is 2.61. The average Bonchev–Trinajstić information content (AvgIpc) is 3.39. The zero-order valence-electron chi connectivity index (χ0n) is 16.1. The monoisotopic (exact) mass is 478 g/mol. The largest absolute Gasteiger partial charge is 0.383 e. The Bertz CT molecular complexity index is 566. The van der Waals surface area contributed by atoms with Gasteiger partial charge in [-0.15, -0.1) is 24.0 Å². The number of halogens is 2. The maximum Gasteiger partial charge on any atom is 0.191 e. The summed E-state index contributed by atoms with van der Waals surface area (Å²) in [5.41, 5.74) is 0.678. The van der Waals surface area contributed by atoms with Crippen LogP contribution in [0.1, 0.15) is 25.3 Å². The zero-order valence-corrected chi connectivity index (χ0v) is 18.4. The number of aliphatic imine (C=N–C) groups is 1. The first-order valence-corrected chi connectivity index (χ1v) is 9.06. The van der Waals surface area contributed by atoms with Gasteiger partial charge in [-0.3, -0.25) is 4.99 Å². The molecule has 0 bridgehead atoms. The minimum Gasteiger partial charge on any atom is -0.383 e. The van der Waals surface area contributed by atoms with E-state index in [0.717, 1.165) is 57.2 Å². The molecule has 1 aliphatic carbocycles. The first kappa shape index (κ1) is 23.1. The second-order valence-electron chi connectivity index (χ2n) is 6.68. The molecule has 2 N–H and O–H groups in total. The fourth-order valence-electron chi connectivity index (χ4n) is 2.85. The summed E-state index contributed by atoms with van der Waals surface area (Å²) in [5, 5.41) is 6.62. The highest BCUT2D eigenvalue weighted by atomic mass is 127. The molecule has 0 atom stereocenters. The number of nitrogens with zero attached hydrogens (tertiary/aromatic N) is 2. The molecule has 148 valence electrons. The molecule has 1 aliphatic rings. The Labute approximate surface area is 173 Å². The van der Waals surface area contributed by atoms with Gasteiger partial charge < -0.3 is 20.3 Å². The fraction of sp³-hybridized carbons (Fsp3) is 0.632. The smallest absolute Gasteiger partial charge is 0.191 e. The topological polar surface area (TPSA) is 48.9 Å². The highest BCUT2D eigenvalue weighted by Crippen LogP contribution is 2.49. The lowest BCUT2D eigenvalue weighted by Crippen LogP contribution is -2.41. The van der Waals surface area contributed by atoms with Crippen molar-refractivity contribution in [2.75, 3.05) is 53.5 Å². The number of benzene rings is 1. The van der Waals surface area contributed by atoms with Crippen molar-refractivity contribution in [3.63, 3.8) is 0 Å². The van der Waals surface area contributed by atoms with Crippen molar-refractivity contribution in [3.05, 3.63) is 35.6 Å². The summed E-state index contributed by atoms with van der Waals surface area (Å²) in [6.07, 6.45) is 1.99. The third-order valence-corrected chi connectivity index (χ3v) is 4.65. The first-order valence-electron chi connectivity index (χ1n) is 9.06. The van der Waals surface area contributed by atoms with E-state index in [1.165, 1.54) is 0 Å². The SMILES string of the molecule is CCNC(=NCC1(c2ccccc2F)CC1)NCCN(C)CCOC.I. The lowest BCUT2D eigenvalue weighted by atomic mass is 9.95. The van der Waals surface area contributed by atoms with Crippen molar-refractivity contribution in [3.8, 4) is 0 Å². The van der Waals surface area contributed by atoms with Gasteiger partial charge in [0, 0.05) is 38.7 Å². The van der Waals surface area contributed by atoms with Crippen molar-refractivity contribution in [2.45, 2.75) is 25.2 Å². The maximum absolute atomic E-state index is 14.1. The third-order valence-electron chi connectivity index (χ3n) is 4.65. The van der Waals surface area contributed by atoms with Gasteiger partial charge in [0.15, 0.2) is 5.96 Å². The summed E-state index contributed by atoms with van der Waals surface area (Å²) >= 11 is 0. The summed E-state index contributed by atoms with van der Waals surface area (Å²) in [7, 11) is 3.79. The summed E-state index contributed by atoms with van der Waals surface area (Å²) in [6.45, 7) is 6.82. The predicted molar refractivity (Wildman–Crippen MR) is 116 cm³/mol. The molecular weight excluding hydrogens is 446 g/mol. The van der Waals surface area contributed by atoms with E-state index in [2.05, 4.69) is 22.6 Å². The number of rotatable bonds is 10. The molecule has 1 fully saturated rings. The van der Waals surface area contributed by atoms with Gasteiger partial charge in [0.1, 0.15) is 5.82 Å². The van der Waals surface area contributed by atoms with Gasteiger partial charge in [-0.2, -0.15) is 0 Å². The molecule has 0 aromatic heterocycles. The number of methoxy groups -OCH3 is 1. The zero-order chi connectivity index (χ0) is 18.1. The van der Waals surface area contributed by atoms with Crippen molar-refractivity contribution in [1.82, 2.24) is 15.5 Å². The minimum atomic E-state index is -0.122. The van der Waals surface area contributed by atoms with Gasteiger partial charge in [0.2, 0.25) is 0 Å². The van der Waals surface area contributed by atoms with Gasteiger partial charge >= 0.3 is 0 Å². The molecule has 26 heavy (non-hydrogen) atoms. The molecule has 0 amide bonds. The molecule has 0 spiro atoms. The van der Waals surface area contributed by atoms with E-state index in [1.807, 2.05) is 19.1 Å². The van der Waals surface area contributed by atoms with Crippen LogP contribution in [0, 0.1) is 5.82 Å². The Balaban J connectivity index is 0.00000338. The van der Waals surface area contributed by atoms with Crippen molar-refractivity contribution >= 4 is 29.9 Å². The van der Waals surface area contributed by atoms with E-state index in [1.54, 1.807) is 19.2 Å². The van der Waals surface area contributed by atoms with Crippen LogP contribution in [0.25, 0.3) is 0 Å². The van der Waals surface area contributed by atoms with Crippen LogP contribution in [0.3, 0.4) is 0 Å². The van der Waals surface area contributed by atoms with E-state index < -0.39 is 0 Å². The summed E-state index contributed by atoms with van der Waals surface area (Å²) < 4.78 is 19.2. The van der Waals surface area contributed by atoms with Gasteiger partial charge in [-0.25, -0.2) is 4.39 Å². The molecule has 0 aliphatic heterocycles. The molecule has 0 radical (unpaired) electrons. The van der Waals surface area contributed by atoms with Gasteiger partial charge in [-0.05, 0) is 38.4 Å². The Hall–Kier alpha value is -0.930. The van der Waals surface area contributed by atoms with Crippen molar-refractivity contribution in [2.24, 2.45) is 4.99 Å². The minimum absolute atomic E-state index is 0. The molecule has 0 unspecified atom stereocenters. The Morgan fingerprint density at radius 1 is 1.27 bits per heavy atom. The van der Waals surface area contributed by atoms with Crippen LogP contribution in [0.5, 0.6) is 0 Å². The molecule has 5 nitrogen and oxygen atoms in total. The number of hydrogen-bond acceptors (Lipinski definition) is 3. The van der Waals surface area contributed by atoms with E-state index >= 15 is 0 Å². The summed E-state index contributed by atoms with van der Waals surface area (Å²) in [5.74, 6) is 0.679. The molecule has 2 rings (SSSR count). The number of guanidine groups is 1. The standard InChI is InChI=1S/C19H31FN4O.HI/c1-4-21-18(22-11-12-24(2)13-14-25-3)23-15-19(9-10-19)16-7-5-6-8-17(16)20;/h5-8H,4,9-15H2,1-3H3,(H2,21,22,23);1H. The Morgan fingerprint density at radius 2 is 2.00 bits per heavy atom. The number of ether oxygens (including phenoxy) is 1. The van der Waals surface area contributed by atoms with E-state index in [-0.39, 0.29) is 35.2 Å². The molecule has 1 aromatic rings.